The minimum atomic E-state index is 1.06. The van der Waals surface area contributed by atoms with E-state index in [9.17, 15) is 0 Å². The van der Waals surface area contributed by atoms with E-state index in [-0.39, 0.29) is 0 Å². The first kappa shape index (κ1) is 6.69. The van der Waals surface area contributed by atoms with Crippen molar-refractivity contribution in [3.63, 3.8) is 0 Å². The summed E-state index contributed by atoms with van der Waals surface area (Å²) in [6.45, 7) is 2.45. The highest BCUT2D eigenvalue weighted by atomic mass is 14.4. The fraction of sp³-hybridized carbons (Fsp3) is 1.00. The molecule has 0 radical (unpaired) electrons. The van der Waals surface area contributed by atoms with Crippen molar-refractivity contribution in [1.82, 2.24) is 0 Å². The van der Waals surface area contributed by atoms with E-state index in [1.807, 2.05) is 0 Å². The van der Waals surface area contributed by atoms with E-state index >= 15 is 0 Å². The van der Waals surface area contributed by atoms with E-state index in [1.54, 1.807) is 19.3 Å². The maximum absolute atomic E-state index is 2.45. The second-order valence-corrected chi connectivity index (χ2v) is 4.26. The van der Waals surface area contributed by atoms with Crippen LogP contribution in [0, 0.1) is 17.8 Å². The first-order chi connectivity index (χ1) is 4.88. The van der Waals surface area contributed by atoms with Gasteiger partial charge in [0.1, 0.15) is 0 Å². The van der Waals surface area contributed by atoms with E-state index < -0.39 is 0 Å². The van der Waals surface area contributed by atoms with Gasteiger partial charge in [0.05, 0.1) is 0 Å². The first-order valence-corrected chi connectivity index (χ1v) is 4.88. The second kappa shape index (κ2) is 2.56. The Morgan fingerprint density at radius 3 is 2.50 bits per heavy atom. The molecule has 0 saturated heterocycles. The summed E-state index contributed by atoms with van der Waals surface area (Å²) in [6, 6.07) is 0. The number of hydrogen-bond donors (Lipinski definition) is 0. The molecule has 2 rings (SSSR count). The van der Waals surface area contributed by atoms with Crippen LogP contribution in [-0.4, -0.2) is 0 Å². The lowest BCUT2D eigenvalue weighted by Gasteiger charge is -2.27. The van der Waals surface area contributed by atoms with Crippen LogP contribution < -0.4 is 0 Å². The van der Waals surface area contributed by atoms with Gasteiger partial charge in [0.15, 0.2) is 0 Å². The number of rotatable bonds is 0. The normalized spacial score (nSPS) is 47.1. The van der Waals surface area contributed by atoms with Crippen molar-refractivity contribution in [2.45, 2.75) is 45.4 Å². The first-order valence-electron chi connectivity index (χ1n) is 4.88. The fourth-order valence-corrected chi connectivity index (χ4v) is 3.03. The standard InChI is InChI=1S/C10H18/c1-8-6-7-9-4-2-3-5-10(8)9/h8-10H,2-7H2,1H3/t8-,9+,10?/m1/s1. The molecular weight excluding hydrogens is 120 g/mol. The van der Waals surface area contributed by atoms with Crippen LogP contribution in [0.1, 0.15) is 45.4 Å². The van der Waals surface area contributed by atoms with Crippen molar-refractivity contribution in [1.29, 1.82) is 0 Å². The zero-order valence-corrected chi connectivity index (χ0v) is 6.97. The van der Waals surface area contributed by atoms with Crippen LogP contribution >= 0.6 is 0 Å². The van der Waals surface area contributed by atoms with Crippen molar-refractivity contribution in [2.75, 3.05) is 0 Å². The minimum absolute atomic E-state index is 1.06. The molecule has 1 unspecified atom stereocenters. The van der Waals surface area contributed by atoms with Gasteiger partial charge in [0.2, 0.25) is 0 Å². The average Bonchev–Trinajstić information content (AvgIpc) is 2.34. The number of fused-ring (bicyclic) bond motifs is 1. The van der Waals surface area contributed by atoms with Gasteiger partial charge in [-0.3, -0.25) is 0 Å². The Morgan fingerprint density at radius 2 is 1.70 bits per heavy atom. The van der Waals surface area contributed by atoms with Gasteiger partial charge < -0.3 is 0 Å². The maximum Gasteiger partial charge on any atom is -0.0360 e. The molecule has 0 aromatic heterocycles. The van der Waals surface area contributed by atoms with E-state index in [0.29, 0.717) is 0 Å². The molecule has 0 nitrogen and oxygen atoms in total. The molecule has 0 amide bonds. The van der Waals surface area contributed by atoms with Crippen LogP contribution in [-0.2, 0) is 0 Å². The zero-order chi connectivity index (χ0) is 6.97. The van der Waals surface area contributed by atoms with Gasteiger partial charge in [-0.1, -0.05) is 32.6 Å². The predicted octanol–water partition coefficient (Wildman–Crippen LogP) is 3.22. The topological polar surface area (TPSA) is 0 Å². The van der Waals surface area contributed by atoms with Crippen molar-refractivity contribution in [3.05, 3.63) is 0 Å². The van der Waals surface area contributed by atoms with Crippen LogP contribution in [0.5, 0.6) is 0 Å². The Bertz CT molecular complexity index is 115. The van der Waals surface area contributed by atoms with E-state index in [1.165, 1.54) is 19.3 Å². The van der Waals surface area contributed by atoms with E-state index in [2.05, 4.69) is 6.92 Å². The van der Waals surface area contributed by atoms with Crippen LogP contribution in [0.15, 0.2) is 0 Å². The van der Waals surface area contributed by atoms with Crippen LogP contribution in [0.25, 0.3) is 0 Å². The van der Waals surface area contributed by atoms with Gasteiger partial charge in [-0.25, -0.2) is 0 Å². The van der Waals surface area contributed by atoms with Crippen LogP contribution in [0.4, 0.5) is 0 Å². The molecule has 0 aromatic carbocycles. The minimum Gasteiger partial charge on any atom is -0.0622 e. The maximum atomic E-state index is 2.45. The Morgan fingerprint density at radius 1 is 0.900 bits per heavy atom. The lowest BCUT2D eigenvalue weighted by Crippen LogP contribution is -2.17. The smallest absolute Gasteiger partial charge is 0.0360 e. The monoisotopic (exact) mass is 138 g/mol. The second-order valence-electron chi connectivity index (χ2n) is 4.26. The van der Waals surface area contributed by atoms with Gasteiger partial charge in [-0.05, 0) is 30.6 Å². The molecule has 0 spiro atoms. The Hall–Kier alpha value is 0. The quantitative estimate of drug-likeness (QED) is 0.482. The Labute approximate surface area is 64.0 Å². The predicted molar refractivity (Wildman–Crippen MR) is 43.8 cm³/mol. The zero-order valence-electron chi connectivity index (χ0n) is 6.97. The number of hydrogen-bond acceptors (Lipinski definition) is 0. The van der Waals surface area contributed by atoms with Gasteiger partial charge >= 0.3 is 0 Å². The molecule has 2 aliphatic carbocycles. The van der Waals surface area contributed by atoms with Crippen molar-refractivity contribution < 1.29 is 0 Å². The molecule has 0 aromatic rings. The van der Waals surface area contributed by atoms with E-state index in [0.717, 1.165) is 17.8 Å². The molecule has 0 aliphatic heterocycles. The average molecular weight is 138 g/mol. The lowest BCUT2D eigenvalue weighted by atomic mass is 9.79. The van der Waals surface area contributed by atoms with Crippen molar-refractivity contribution in [2.24, 2.45) is 17.8 Å². The summed E-state index contributed by atoms with van der Waals surface area (Å²) in [6.07, 6.45) is 9.21. The molecule has 2 saturated carbocycles. The summed E-state index contributed by atoms with van der Waals surface area (Å²) in [7, 11) is 0. The van der Waals surface area contributed by atoms with Gasteiger partial charge in [0.25, 0.3) is 0 Å². The largest absolute Gasteiger partial charge is 0.0622 e. The molecular formula is C10H18. The van der Waals surface area contributed by atoms with Gasteiger partial charge in [-0.15, -0.1) is 0 Å². The molecule has 0 heteroatoms. The Balaban J connectivity index is 2.01. The lowest BCUT2D eigenvalue weighted by molar-refractivity contribution is 0.238. The third-order valence-electron chi connectivity index (χ3n) is 3.69. The van der Waals surface area contributed by atoms with Crippen molar-refractivity contribution >= 4 is 0 Å². The summed E-state index contributed by atoms with van der Waals surface area (Å²) in [5, 5.41) is 0. The molecule has 2 fully saturated rings. The molecule has 0 heterocycles. The molecule has 0 N–H and O–H groups in total. The highest BCUT2D eigenvalue weighted by Gasteiger charge is 2.34. The van der Waals surface area contributed by atoms with Crippen molar-refractivity contribution in [3.8, 4) is 0 Å². The summed E-state index contributed by atoms with van der Waals surface area (Å²) >= 11 is 0. The molecule has 58 valence electrons. The van der Waals surface area contributed by atoms with Crippen LogP contribution in [0.2, 0.25) is 0 Å². The molecule has 10 heavy (non-hydrogen) atoms. The SMILES string of the molecule is C[C@@H]1CC[C@@H]2CCCCC21. The van der Waals surface area contributed by atoms with Crippen LogP contribution in [0.3, 0.4) is 0 Å². The van der Waals surface area contributed by atoms with Gasteiger partial charge in [-0.2, -0.15) is 0 Å². The summed E-state index contributed by atoms with van der Waals surface area (Å²) < 4.78 is 0. The summed E-state index contributed by atoms with van der Waals surface area (Å²) in [5.74, 6) is 3.34. The summed E-state index contributed by atoms with van der Waals surface area (Å²) in [4.78, 5) is 0. The molecule has 3 atom stereocenters. The molecule has 2 aliphatic rings. The Kier molecular flexibility index (Phi) is 1.71. The van der Waals surface area contributed by atoms with E-state index in [4.69, 9.17) is 0 Å². The highest BCUT2D eigenvalue weighted by Crippen LogP contribution is 2.45. The third-order valence-corrected chi connectivity index (χ3v) is 3.69. The summed E-state index contributed by atoms with van der Waals surface area (Å²) in [5.41, 5.74) is 0. The third kappa shape index (κ3) is 0.980. The van der Waals surface area contributed by atoms with Gasteiger partial charge in [0, 0.05) is 0 Å². The molecule has 0 bridgehead atoms. The fourth-order valence-electron chi connectivity index (χ4n) is 3.03. The highest BCUT2D eigenvalue weighted by molar-refractivity contribution is 4.85.